The van der Waals surface area contributed by atoms with E-state index in [1.165, 1.54) is 12.1 Å². The minimum Gasteiger partial charge on any atom is -0.379 e. The molecule has 100 valence electrons. The van der Waals surface area contributed by atoms with Crippen LogP contribution in [-0.4, -0.2) is 27.2 Å². The number of halogens is 1. The molecule has 0 bridgehead atoms. The molecular formula is C11H15FN2O3S. The molecule has 0 aliphatic rings. The monoisotopic (exact) mass is 274 g/mol. The SMILES string of the molecule is CC(CCNc1cccc(F)c1[N+](=O)[O-])S(C)=O. The van der Waals surface area contributed by atoms with Crippen molar-refractivity contribution in [2.24, 2.45) is 0 Å². The normalized spacial score (nSPS) is 13.9. The third-order valence-corrected chi connectivity index (χ3v) is 3.97. The molecule has 0 fully saturated rings. The van der Waals surface area contributed by atoms with Crippen LogP contribution < -0.4 is 5.32 Å². The zero-order chi connectivity index (χ0) is 13.7. The summed E-state index contributed by atoms with van der Waals surface area (Å²) in [5.74, 6) is -0.864. The van der Waals surface area contributed by atoms with Crippen LogP contribution >= 0.6 is 0 Å². The largest absolute Gasteiger partial charge is 0.379 e. The Bertz CT molecular complexity index is 468. The Labute approximate surface area is 107 Å². The van der Waals surface area contributed by atoms with E-state index in [1.54, 1.807) is 6.26 Å². The summed E-state index contributed by atoms with van der Waals surface area (Å²) in [4.78, 5) is 9.97. The van der Waals surface area contributed by atoms with Gasteiger partial charge in [-0.25, -0.2) is 0 Å². The maximum atomic E-state index is 13.3. The van der Waals surface area contributed by atoms with Gasteiger partial charge in [0, 0.05) is 28.9 Å². The minimum absolute atomic E-state index is 0.00915. The summed E-state index contributed by atoms with van der Waals surface area (Å²) in [6.07, 6.45) is 2.20. The molecule has 1 N–H and O–H groups in total. The van der Waals surface area contributed by atoms with Crippen LogP contribution in [0.2, 0.25) is 0 Å². The van der Waals surface area contributed by atoms with Crippen LogP contribution in [0.3, 0.4) is 0 Å². The maximum Gasteiger partial charge on any atom is 0.327 e. The lowest BCUT2D eigenvalue weighted by Crippen LogP contribution is -2.15. The molecule has 1 aromatic rings. The molecular weight excluding hydrogens is 259 g/mol. The molecule has 2 unspecified atom stereocenters. The molecule has 1 rings (SSSR count). The van der Waals surface area contributed by atoms with Crippen LogP contribution in [0.5, 0.6) is 0 Å². The van der Waals surface area contributed by atoms with Gasteiger partial charge >= 0.3 is 5.69 Å². The van der Waals surface area contributed by atoms with Gasteiger partial charge in [0.05, 0.1) is 4.92 Å². The Morgan fingerprint density at radius 3 is 2.78 bits per heavy atom. The fourth-order valence-corrected chi connectivity index (χ4v) is 1.87. The van der Waals surface area contributed by atoms with Crippen LogP contribution in [0.4, 0.5) is 15.8 Å². The zero-order valence-corrected chi connectivity index (χ0v) is 11.0. The van der Waals surface area contributed by atoms with Crippen molar-refractivity contribution in [3.63, 3.8) is 0 Å². The lowest BCUT2D eigenvalue weighted by atomic mass is 10.2. The molecule has 7 heteroatoms. The van der Waals surface area contributed by atoms with E-state index in [0.29, 0.717) is 13.0 Å². The van der Waals surface area contributed by atoms with Gasteiger partial charge in [-0.2, -0.15) is 4.39 Å². The van der Waals surface area contributed by atoms with Crippen molar-refractivity contribution in [2.75, 3.05) is 18.1 Å². The van der Waals surface area contributed by atoms with E-state index in [9.17, 15) is 18.7 Å². The number of nitrogens with zero attached hydrogens (tertiary/aromatic N) is 1. The molecule has 0 heterocycles. The van der Waals surface area contributed by atoms with Gasteiger partial charge in [0.2, 0.25) is 5.82 Å². The topological polar surface area (TPSA) is 72.2 Å². The fourth-order valence-electron chi connectivity index (χ4n) is 1.42. The quantitative estimate of drug-likeness (QED) is 0.638. The smallest absolute Gasteiger partial charge is 0.327 e. The second-order valence-corrected chi connectivity index (χ2v) is 5.72. The number of nitro groups is 1. The number of hydrogen-bond acceptors (Lipinski definition) is 4. The fraction of sp³-hybridized carbons (Fsp3) is 0.455. The summed E-state index contributed by atoms with van der Waals surface area (Å²) < 4.78 is 24.4. The van der Waals surface area contributed by atoms with E-state index in [0.717, 1.165) is 6.07 Å². The second kappa shape index (κ2) is 6.44. The van der Waals surface area contributed by atoms with E-state index in [-0.39, 0.29) is 10.9 Å². The van der Waals surface area contributed by atoms with Crippen molar-refractivity contribution >= 4 is 22.2 Å². The highest BCUT2D eigenvalue weighted by molar-refractivity contribution is 7.84. The predicted octanol–water partition coefficient (Wildman–Crippen LogP) is 2.30. The molecule has 0 aliphatic carbocycles. The van der Waals surface area contributed by atoms with Crippen molar-refractivity contribution in [3.05, 3.63) is 34.1 Å². The van der Waals surface area contributed by atoms with Crippen LogP contribution in [-0.2, 0) is 10.8 Å². The number of para-hydroxylation sites is 1. The highest BCUT2D eigenvalue weighted by Crippen LogP contribution is 2.27. The molecule has 0 saturated heterocycles. The molecule has 18 heavy (non-hydrogen) atoms. The van der Waals surface area contributed by atoms with Gasteiger partial charge in [-0.3, -0.25) is 14.3 Å². The number of benzene rings is 1. The minimum atomic E-state index is -0.935. The van der Waals surface area contributed by atoms with Crippen molar-refractivity contribution in [1.82, 2.24) is 0 Å². The summed E-state index contributed by atoms with van der Waals surface area (Å²) in [6.45, 7) is 2.24. The summed E-state index contributed by atoms with van der Waals surface area (Å²) in [5.41, 5.74) is -0.406. The van der Waals surface area contributed by atoms with Crippen molar-refractivity contribution < 1.29 is 13.5 Å². The summed E-state index contributed by atoms with van der Waals surface area (Å²) in [6, 6.07) is 3.91. The van der Waals surface area contributed by atoms with Gasteiger partial charge < -0.3 is 5.32 Å². The van der Waals surface area contributed by atoms with E-state index >= 15 is 0 Å². The van der Waals surface area contributed by atoms with Crippen molar-refractivity contribution in [2.45, 2.75) is 18.6 Å². The van der Waals surface area contributed by atoms with E-state index in [4.69, 9.17) is 0 Å². The van der Waals surface area contributed by atoms with E-state index in [2.05, 4.69) is 5.32 Å². The molecule has 0 saturated carbocycles. The first-order valence-electron chi connectivity index (χ1n) is 5.42. The molecule has 0 aromatic heterocycles. The first-order chi connectivity index (χ1) is 8.43. The molecule has 5 nitrogen and oxygen atoms in total. The first-order valence-corrected chi connectivity index (χ1v) is 7.04. The highest BCUT2D eigenvalue weighted by atomic mass is 32.2. The molecule has 0 spiro atoms. The Morgan fingerprint density at radius 1 is 1.56 bits per heavy atom. The van der Waals surface area contributed by atoms with Crippen LogP contribution in [0, 0.1) is 15.9 Å². The average molecular weight is 274 g/mol. The molecule has 0 radical (unpaired) electrons. The van der Waals surface area contributed by atoms with Gasteiger partial charge in [0.25, 0.3) is 0 Å². The Kier molecular flexibility index (Phi) is 5.21. The molecule has 0 amide bonds. The van der Waals surface area contributed by atoms with E-state index < -0.39 is 27.2 Å². The van der Waals surface area contributed by atoms with E-state index in [1.807, 2.05) is 6.92 Å². The number of rotatable bonds is 6. The summed E-state index contributed by atoms with van der Waals surface area (Å²) >= 11 is 0. The average Bonchev–Trinajstić information content (AvgIpc) is 2.28. The number of hydrogen-bond donors (Lipinski definition) is 1. The standard InChI is InChI=1S/C11H15FN2O3S/c1-8(18(2)17)6-7-13-10-5-3-4-9(12)11(10)14(15)16/h3-5,8,13H,6-7H2,1-2H3. The van der Waals surface area contributed by atoms with Crippen LogP contribution in [0.25, 0.3) is 0 Å². The summed E-state index contributed by atoms with van der Waals surface area (Å²) in [7, 11) is -0.935. The Hall–Kier alpha value is -1.50. The van der Waals surface area contributed by atoms with Crippen molar-refractivity contribution in [1.29, 1.82) is 0 Å². The van der Waals surface area contributed by atoms with Gasteiger partial charge in [-0.05, 0) is 18.6 Å². The van der Waals surface area contributed by atoms with Gasteiger partial charge in [-0.15, -0.1) is 0 Å². The third-order valence-electron chi connectivity index (χ3n) is 2.60. The molecule has 2 atom stereocenters. The highest BCUT2D eigenvalue weighted by Gasteiger charge is 2.19. The van der Waals surface area contributed by atoms with Gasteiger partial charge in [0.1, 0.15) is 5.69 Å². The third kappa shape index (κ3) is 3.76. The molecule has 0 aliphatic heterocycles. The van der Waals surface area contributed by atoms with Gasteiger partial charge in [0.15, 0.2) is 0 Å². The Balaban J connectivity index is 2.71. The lowest BCUT2D eigenvalue weighted by Gasteiger charge is -2.10. The number of nitrogens with one attached hydrogen (secondary N) is 1. The Morgan fingerprint density at radius 2 is 2.22 bits per heavy atom. The lowest BCUT2D eigenvalue weighted by molar-refractivity contribution is -0.386. The van der Waals surface area contributed by atoms with Crippen molar-refractivity contribution in [3.8, 4) is 0 Å². The van der Waals surface area contributed by atoms with Crippen LogP contribution in [0.1, 0.15) is 13.3 Å². The van der Waals surface area contributed by atoms with Gasteiger partial charge in [-0.1, -0.05) is 13.0 Å². The summed E-state index contributed by atoms with van der Waals surface area (Å²) in [5, 5.41) is 13.5. The zero-order valence-electron chi connectivity index (χ0n) is 10.2. The maximum absolute atomic E-state index is 13.3. The predicted molar refractivity (Wildman–Crippen MR) is 69.7 cm³/mol. The number of anilines is 1. The molecule has 1 aromatic carbocycles. The number of nitro benzene ring substituents is 1. The first kappa shape index (κ1) is 14.6. The second-order valence-electron chi connectivity index (χ2n) is 3.92. The van der Waals surface area contributed by atoms with Crippen LogP contribution in [0.15, 0.2) is 18.2 Å².